The number of nitrogens with one attached hydrogen (secondary N) is 1. The van der Waals surface area contributed by atoms with Crippen LogP contribution < -0.4 is 5.32 Å². The van der Waals surface area contributed by atoms with Gasteiger partial charge in [0.1, 0.15) is 5.70 Å². The number of carbonyl (C=O) groups is 2. The number of aryl methyl sites for hydroxylation is 2. The fraction of sp³-hybridized carbons (Fsp3) is 0.167. The van der Waals surface area contributed by atoms with Crippen molar-refractivity contribution in [1.29, 1.82) is 0 Å². The molecular weight excluding hydrogens is 398 g/mol. The number of urea groups is 1. The zero-order valence-corrected chi connectivity index (χ0v) is 17.8. The Morgan fingerprint density at radius 2 is 1.77 bits per heavy atom. The van der Waals surface area contributed by atoms with Gasteiger partial charge in [0, 0.05) is 11.4 Å². The fourth-order valence-corrected chi connectivity index (χ4v) is 4.02. The number of aromatic nitrogens is 1. The summed E-state index contributed by atoms with van der Waals surface area (Å²) in [5.41, 5.74) is 5.93. The van der Waals surface area contributed by atoms with Gasteiger partial charge in [0.25, 0.3) is 5.91 Å². The van der Waals surface area contributed by atoms with Gasteiger partial charge in [0.05, 0.1) is 17.3 Å². The number of carbonyl (C=O) groups excluding carboxylic acids is 2. The van der Waals surface area contributed by atoms with Gasteiger partial charge in [-0.25, -0.2) is 4.79 Å². The van der Waals surface area contributed by atoms with E-state index in [4.69, 9.17) is 11.6 Å². The van der Waals surface area contributed by atoms with Crippen molar-refractivity contribution in [3.05, 3.63) is 93.4 Å². The normalized spacial score (nSPS) is 15.2. The lowest BCUT2D eigenvalue weighted by molar-refractivity contribution is -0.123. The lowest BCUT2D eigenvalue weighted by Crippen LogP contribution is -2.30. The van der Waals surface area contributed by atoms with Crippen LogP contribution in [0.2, 0.25) is 5.02 Å². The monoisotopic (exact) mass is 419 g/mol. The maximum atomic E-state index is 12.9. The molecule has 0 unspecified atom stereocenters. The second-order valence-corrected chi connectivity index (χ2v) is 7.89. The van der Waals surface area contributed by atoms with Crippen LogP contribution >= 0.6 is 11.6 Å². The number of imide groups is 1. The van der Waals surface area contributed by atoms with Crippen molar-refractivity contribution in [2.24, 2.45) is 0 Å². The molecule has 1 aliphatic heterocycles. The van der Waals surface area contributed by atoms with Crippen molar-refractivity contribution in [3.63, 3.8) is 0 Å². The molecule has 0 aliphatic carbocycles. The summed E-state index contributed by atoms with van der Waals surface area (Å²) in [7, 11) is 0. The molecule has 4 rings (SSSR count). The van der Waals surface area contributed by atoms with Crippen LogP contribution in [0.4, 0.5) is 4.79 Å². The molecule has 1 fully saturated rings. The molecule has 1 aromatic heterocycles. The second kappa shape index (κ2) is 7.84. The molecule has 3 aromatic rings. The van der Waals surface area contributed by atoms with Gasteiger partial charge in [-0.15, -0.1) is 0 Å². The van der Waals surface area contributed by atoms with E-state index >= 15 is 0 Å². The standard InChI is InChI=1S/C24H22ClN3O2/c1-15-7-6-8-18(11-15)14-27-23(29)21(26-24(27)30)13-19-12-16(2)28(17(19)3)22-10-5-4-9-20(22)25/h4-13H,14H2,1-3H3,(H,26,30)/b21-13+. The van der Waals surface area contributed by atoms with Crippen LogP contribution in [0.25, 0.3) is 11.8 Å². The topological polar surface area (TPSA) is 54.3 Å². The van der Waals surface area contributed by atoms with E-state index in [1.807, 2.05) is 79.9 Å². The highest BCUT2D eigenvalue weighted by Crippen LogP contribution is 2.28. The third kappa shape index (κ3) is 3.64. The SMILES string of the molecule is Cc1cccc(CN2C(=O)N/C(=C/c3cc(C)n(-c4ccccc4Cl)c3C)C2=O)c1. The second-order valence-electron chi connectivity index (χ2n) is 7.48. The molecule has 0 radical (unpaired) electrons. The molecule has 1 saturated heterocycles. The van der Waals surface area contributed by atoms with Crippen molar-refractivity contribution in [2.75, 3.05) is 0 Å². The Bertz CT molecular complexity index is 1190. The maximum Gasteiger partial charge on any atom is 0.329 e. The molecule has 0 bridgehead atoms. The highest BCUT2D eigenvalue weighted by molar-refractivity contribution is 6.32. The first-order valence-corrected chi connectivity index (χ1v) is 10.1. The van der Waals surface area contributed by atoms with Crippen molar-refractivity contribution in [1.82, 2.24) is 14.8 Å². The molecule has 2 heterocycles. The van der Waals surface area contributed by atoms with E-state index in [1.165, 1.54) is 4.90 Å². The van der Waals surface area contributed by atoms with Crippen LogP contribution in [0.15, 0.2) is 60.3 Å². The quantitative estimate of drug-likeness (QED) is 0.469. The van der Waals surface area contributed by atoms with E-state index in [9.17, 15) is 9.59 Å². The molecule has 1 aliphatic rings. The molecular formula is C24H22ClN3O2. The van der Waals surface area contributed by atoms with Gasteiger partial charge in [0.2, 0.25) is 0 Å². The Balaban J connectivity index is 1.64. The summed E-state index contributed by atoms with van der Waals surface area (Å²) in [6.07, 6.45) is 1.73. The first kappa shape index (κ1) is 20.0. The number of para-hydroxylation sites is 1. The van der Waals surface area contributed by atoms with E-state index in [-0.39, 0.29) is 18.1 Å². The predicted octanol–water partition coefficient (Wildman–Crippen LogP) is 5.15. The van der Waals surface area contributed by atoms with Crippen LogP contribution in [0.5, 0.6) is 0 Å². The van der Waals surface area contributed by atoms with Gasteiger partial charge >= 0.3 is 6.03 Å². The van der Waals surface area contributed by atoms with Crippen molar-refractivity contribution in [2.45, 2.75) is 27.3 Å². The lowest BCUT2D eigenvalue weighted by Gasteiger charge is -2.12. The van der Waals surface area contributed by atoms with Gasteiger partial charge < -0.3 is 9.88 Å². The molecule has 0 saturated carbocycles. The number of amides is 3. The minimum absolute atomic E-state index is 0.238. The summed E-state index contributed by atoms with van der Waals surface area (Å²) < 4.78 is 2.04. The molecule has 30 heavy (non-hydrogen) atoms. The number of nitrogens with zero attached hydrogens (tertiary/aromatic N) is 2. The summed E-state index contributed by atoms with van der Waals surface area (Å²) >= 11 is 6.38. The van der Waals surface area contributed by atoms with E-state index in [0.29, 0.717) is 5.02 Å². The molecule has 0 spiro atoms. The smallest absolute Gasteiger partial charge is 0.316 e. The van der Waals surface area contributed by atoms with E-state index in [2.05, 4.69) is 5.32 Å². The third-order valence-corrected chi connectivity index (χ3v) is 5.57. The van der Waals surface area contributed by atoms with Crippen molar-refractivity contribution in [3.8, 4) is 5.69 Å². The van der Waals surface area contributed by atoms with Crippen molar-refractivity contribution < 1.29 is 9.59 Å². The molecule has 0 atom stereocenters. The minimum Gasteiger partial charge on any atom is -0.316 e. The van der Waals surface area contributed by atoms with Crippen LogP contribution in [0, 0.1) is 20.8 Å². The first-order valence-electron chi connectivity index (χ1n) is 9.69. The summed E-state index contributed by atoms with van der Waals surface area (Å²) in [6.45, 7) is 6.17. The van der Waals surface area contributed by atoms with E-state index < -0.39 is 6.03 Å². The molecule has 2 aromatic carbocycles. The van der Waals surface area contributed by atoms with Crippen molar-refractivity contribution >= 4 is 29.6 Å². The highest BCUT2D eigenvalue weighted by Gasteiger charge is 2.33. The van der Waals surface area contributed by atoms with Gasteiger partial charge in [0.15, 0.2) is 0 Å². The van der Waals surface area contributed by atoms with Gasteiger partial charge in [-0.3, -0.25) is 9.69 Å². The lowest BCUT2D eigenvalue weighted by atomic mass is 10.1. The molecule has 5 nitrogen and oxygen atoms in total. The Morgan fingerprint density at radius 3 is 2.50 bits per heavy atom. The van der Waals surface area contributed by atoms with Gasteiger partial charge in [-0.2, -0.15) is 0 Å². The number of hydrogen-bond donors (Lipinski definition) is 1. The molecule has 1 N–H and O–H groups in total. The zero-order chi connectivity index (χ0) is 21.4. The number of hydrogen-bond acceptors (Lipinski definition) is 2. The summed E-state index contributed by atoms with van der Waals surface area (Å²) in [5.74, 6) is -0.330. The Labute approximate surface area is 180 Å². The molecule has 3 amide bonds. The average molecular weight is 420 g/mol. The van der Waals surface area contributed by atoms with E-state index in [0.717, 1.165) is 33.8 Å². The molecule has 152 valence electrons. The summed E-state index contributed by atoms with van der Waals surface area (Å²) in [6, 6.07) is 17.0. The Kier molecular flexibility index (Phi) is 5.22. The van der Waals surface area contributed by atoms with Gasteiger partial charge in [-0.1, -0.05) is 53.6 Å². The average Bonchev–Trinajstić information content (AvgIpc) is 3.12. The Morgan fingerprint density at radius 1 is 1.00 bits per heavy atom. The van der Waals surface area contributed by atoms with Crippen LogP contribution in [0.1, 0.15) is 28.1 Å². The first-order chi connectivity index (χ1) is 14.3. The number of rotatable bonds is 4. The fourth-order valence-electron chi connectivity index (χ4n) is 3.80. The van der Waals surface area contributed by atoms with Gasteiger partial charge in [-0.05, 0) is 56.2 Å². The Hall–Kier alpha value is -3.31. The predicted molar refractivity (Wildman–Crippen MR) is 118 cm³/mol. The third-order valence-electron chi connectivity index (χ3n) is 5.25. The summed E-state index contributed by atoms with van der Waals surface area (Å²) in [5, 5.41) is 3.35. The largest absolute Gasteiger partial charge is 0.329 e. The van der Waals surface area contributed by atoms with Crippen LogP contribution in [0.3, 0.4) is 0 Å². The molecule has 6 heteroatoms. The summed E-state index contributed by atoms with van der Waals surface area (Å²) in [4.78, 5) is 26.5. The number of benzene rings is 2. The van der Waals surface area contributed by atoms with Crippen LogP contribution in [-0.2, 0) is 11.3 Å². The van der Waals surface area contributed by atoms with E-state index in [1.54, 1.807) is 6.08 Å². The highest BCUT2D eigenvalue weighted by atomic mass is 35.5. The van der Waals surface area contributed by atoms with Crippen LogP contribution in [-0.4, -0.2) is 21.4 Å². The minimum atomic E-state index is -0.410. The number of halogens is 1. The zero-order valence-electron chi connectivity index (χ0n) is 17.1. The maximum absolute atomic E-state index is 12.9.